The fourth-order valence-electron chi connectivity index (χ4n) is 1.01. The van der Waals surface area contributed by atoms with Crippen LogP contribution in [-0.2, 0) is 4.74 Å². The number of amides is 1. The van der Waals surface area contributed by atoms with Crippen molar-refractivity contribution >= 4 is 11.8 Å². The van der Waals surface area contributed by atoms with Crippen molar-refractivity contribution in [3.63, 3.8) is 0 Å². The van der Waals surface area contributed by atoms with E-state index in [4.69, 9.17) is 5.26 Å². The van der Waals surface area contributed by atoms with E-state index >= 15 is 0 Å². The zero-order valence-electron chi connectivity index (χ0n) is 8.40. The fraction of sp³-hybridized carbons (Fsp3) is 0.200. The summed E-state index contributed by atoms with van der Waals surface area (Å²) in [7, 11) is 1.28. The molecule has 1 aromatic carbocycles. The van der Waals surface area contributed by atoms with Crippen LogP contribution in [0.1, 0.15) is 5.56 Å². The van der Waals surface area contributed by atoms with Gasteiger partial charge < -0.3 is 9.47 Å². The Morgan fingerprint density at radius 3 is 2.87 bits per heavy atom. The van der Waals surface area contributed by atoms with Crippen LogP contribution < -0.4 is 10.1 Å². The quantitative estimate of drug-likeness (QED) is 0.751. The maximum absolute atomic E-state index is 11.0. The Bertz CT molecular complexity index is 410. The molecular weight excluding hydrogens is 196 g/mol. The second-order valence-electron chi connectivity index (χ2n) is 2.79. The van der Waals surface area contributed by atoms with Gasteiger partial charge >= 0.3 is 6.09 Å². The Morgan fingerprint density at radius 2 is 2.27 bits per heavy atom. The van der Waals surface area contributed by atoms with Crippen molar-refractivity contribution in [2.45, 2.75) is 6.92 Å². The highest BCUT2D eigenvalue weighted by atomic mass is 16.5. The lowest BCUT2D eigenvalue weighted by Crippen LogP contribution is -2.11. The number of benzene rings is 1. The topological polar surface area (TPSA) is 71.3 Å². The number of hydrogen-bond donors (Lipinski definition) is 1. The highest BCUT2D eigenvalue weighted by Gasteiger charge is 2.05. The third kappa shape index (κ3) is 2.88. The monoisotopic (exact) mass is 206 g/mol. The summed E-state index contributed by atoms with van der Waals surface area (Å²) in [5.41, 5.74) is 1.40. The van der Waals surface area contributed by atoms with E-state index in [1.165, 1.54) is 7.11 Å². The first kappa shape index (κ1) is 10.9. The number of anilines is 1. The molecule has 0 saturated carbocycles. The molecule has 1 aromatic rings. The SMILES string of the molecule is COC(=O)Nc1cc(OC#N)ccc1C. The number of hydrogen-bond acceptors (Lipinski definition) is 4. The van der Waals surface area contributed by atoms with Crippen LogP contribution in [0.25, 0.3) is 0 Å². The van der Waals surface area contributed by atoms with Gasteiger partial charge in [0.1, 0.15) is 5.75 Å². The summed E-state index contributed by atoms with van der Waals surface area (Å²) in [6, 6.07) is 4.93. The molecule has 0 spiro atoms. The third-order valence-corrected chi connectivity index (χ3v) is 1.79. The van der Waals surface area contributed by atoms with E-state index in [0.717, 1.165) is 5.56 Å². The molecule has 0 atom stereocenters. The summed E-state index contributed by atoms with van der Waals surface area (Å²) < 4.78 is 9.08. The van der Waals surface area contributed by atoms with Gasteiger partial charge in [-0.25, -0.2) is 4.79 Å². The molecule has 0 heterocycles. The molecule has 1 amide bonds. The number of ether oxygens (including phenoxy) is 2. The highest BCUT2D eigenvalue weighted by molar-refractivity contribution is 5.85. The Labute approximate surface area is 87.2 Å². The summed E-state index contributed by atoms with van der Waals surface area (Å²) in [4.78, 5) is 11.0. The minimum absolute atomic E-state index is 0.370. The number of rotatable bonds is 2. The Hall–Kier alpha value is -2.22. The summed E-state index contributed by atoms with van der Waals surface area (Å²) in [6.07, 6.45) is 0.991. The van der Waals surface area contributed by atoms with Crippen LogP contribution in [0.4, 0.5) is 10.5 Å². The first-order valence-corrected chi connectivity index (χ1v) is 4.19. The number of carbonyl (C=O) groups excluding carboxylic acids is 1. The molecule has 78 valence electrons. The van der Waals surface area contributed by atoms with Crippen molar-refractivity contribution in [3.8, 4) is 12.0 Å². The normalized spacial score (nSPS) is 8.87. The number of carbonyl (C=O) groups is 1. The van der Waals surface area contributed by atoms with E-state index in [0.29, 0.717) is 11.4 Å². The highest BCUT2D eigenvalue weighted by Crippen LogP contribution is 2.21. The molecule has 0 aliphatic rings. The summed E-state index contributed by atoms with van der Waals surface area (Å²) >= 11 is 0. The lowest BCUT2D eigenvalue weighted by molar-refractivity contribution is 0.187. The van der Waals surface area contributed by atoms with Gasteiger partial charge in [0.2, 0.25) is 0 Å². The van der Waals surface area contributed by atoms with E-state index in [1.807, 2.05) is 6.92 Å². The van der Waals surface area contributed by atoms with Crippen LogP contribution in [0.15, 0.2) is 18.2 Å². The second kappa shape index (κ2) is 4.86. The Kier molecular flexibility index (Phi) is 3.52. The molecule has 5 heteroatoms. The van der Waals surface area contributed by atoms with E-state index in [9.17, 15) is 4.79 Å². The molecule has 5 nitrogen and oxygen atoms in total. The Morgan fingerprint density at radius 1 is 1.53 bits per heavy atom. The van der Waals surface area contributed by atoms with Crippen LogP contribution in [0, 0.1) is 18.4 Å². The van der Waals surface area contributed by atoms with Gasteiger partial charge in [-0.15, -0.1) is 5.26 Å². The van der Waals surface area contributed by atoms with E-state index < -0.39 is 6.09 Å². The zero-order valence-corrected chi connectivity index (χ0v) is 8.40. The lowest BCUT2D eigenvalue weighted by Gasteiger charge is -2.07. The number of nitrogens with one attached hydrogen (secondary N) is 1. The standard InChI is InChI=1S/C10H10N2O3/c1-7-3-4-8(15-6-11)5-9(7)12-10(13)14-2/h3-5H,1-2H3,(H,12,13). The van der Waals surface area contributed by atoms with Crippen molar-refractivity contribution in [1.82, 2.24) is 0 Å². The minimum Gasteiger partial charge on any atom is -0.453 e. The molecule has 0 radical (unpaired) electrons. The summed E-state index contributed by atoms with van der Waals surface area (Å²) in [5, 5.41) is 10.8. The van der Waals surface area contributed by atoms with Gasteiger partial charge in [-0.05, 0) is 18.6 Å². The molecule has 15 heavy (non-hydrogen) atoms. The number of nitrogens with zero attached hydrogens (tertiary/aromatic N) is 1. The van der Waals surface area contributed by atoms with E-state index in [1.54, 1.807) is 24.5 Å². The van der Waals surface area contributed by atoms with Gasteiger partial charge in [0.05, 0.1) is 12.8 Å². The molecular formula is C10H10N2O3. The molecule has 0 fully saturated rings. The average molecular weight is 206 g/mol. The smallest absolute Gasteiger partial charge is 0.411 e. The van der Waals surface area contributed by atoms with Gasteiger partial charge in [0.25, 0.3) is 6.26 Å². The van der Waals surface area contributed by atoms with Gasteiger partial charge in [-0.1, -0.05) is 6.07 Å². The third-order valence-electron chi connectivity index (χ3n) is 1.79. The number of methoxy groups -OCH3 is 1. The predicted octanol–water partition coefficient (Wildman–Crippen LogP) is 2.03. The predicted molar refractivity (Wildman–Crippen MR) is 53.4 cm³/mol. The molecule has 0 saturated heterocycles. The molecule has 1 N–H and O–H groups in total. The number of aryl methyl sites for hydroxylation is 1. The van der Waals surface area contributed by atoms with Crippen LogP contribution in [-0.4, -0.2) is 13.2 Å². The van der Waals surface area contributed by atoms with Crippen LogP contribution >= 0.6 is 0 Å². The van der Waals surface area contributed by atoms with Crippen LogP contribution in [0.5, 0.6) is 5.75 Å². The van der Waals surface area contributed by atoms with Crippen molar-refractivity contribution in [1.29, 1.82) is 5.26 Å². The molecule has 0 aliphatic heterocycles. The maximum atomic E-state index is 11.0. The van der Waals surface area contributed by atoms with Crippen molar-refractivity contribution in [2.75, 3.05) is 12.4 Å². The van der Waals surface area contributed by atoms with Crippen molar-refractivity contribution in [3.05, 3.63) is 23.8 Å². The maximum Gasteiger partial charge on any atom is 0.411 e. The zero-order chi connectivity index (χ0) is 11.3. The number of nitriles is 1. The lowest BCUT2D eigenvalue weighted by atomic mass is 10.2. The average Bonchev–Trinajstić information content (AvgIpc) is 2.23. The summed E-state index contributed by atoms with van der Waals surface area (Å²) in [6.45, 7) is 1.82. The first-order chi connectivity index (χ1) is 7.17. The molecule has 1 rings (SSSR count). The van der Waals surface area contributed by atoms with Crippen molar-refractivity contribution < 1.29 is 14.3 Å². The molecule has 0 bridgehead atoms. The van der Waals surface area contributed by atoms with Crippen molar-refractivity contribution in [2.24, 2.45) is 0 Å². The van der Waals surface area contributed by atoms with Crippen LogP contribution in [0.2, 0.25) is 0 Å². The molecule has 0 unspecified atom stereocenters. The first-order valence-electron chi connectivity index (χ1n) is 4.19. The van der Waals surface area contributed by atoms with E-state index in [2.05, 4.69) is 14.8 Å². The van der Waals surface area contributed by atoms with Gasteiger partial charge in [0, 0.05) is 6.07 Å². The van der Waals surface area contributed by atoms with Gasteiger partial charge in [0.15, 0.2) is 0 Å². The largest absolute Gasteiger partial charge is 0.453 e. The molecule has 0 aliphatic carbocycles. The van der Waals surface area contributed by atoms with Gasteiger partial charge in [-0.3, -0.25) is 5.32 Å². The van der Waals surface area contributed by atoms with E-state index in [-0.39, 0.29) is 0 Å². The van der Waals surface area contributed by atoms with Crippen LogP contribution in [0.3, 0.4) is 0 Å². The molecule has 0 aromatic heterocycles. The minimum atomic E-state index is -0.563. The second-order valence-corrected chi connectivity index (χ2v) is 2.79. The fourth-order valence-corrected chi connectivity index (χ4v) is 1.01. The summed E-state index contributed by atoms with van der Waals surface area (Å²) in [5.74, 6) is 0.370. The van der Waals surface area contributed by atoms with Gasteiger partial charge in [-0.2, -0.15) is 0 Å². The Balaban J connectivity index is 2.91.